The van der Waals surface area contributed by atoms with Crippen LogP contribution in [0.1, 0.15) is 18.7 Å². The quantitative estimate of drug-likeness (QED) is 0.813. The highest BCUT2D eigenvalue weighted by atomic mass is 35.5. The maximum atomic E-state index is 9.92. The van der Waals surface area contributed by atoms with E-state index in [0.717, 1.165) is 5.76 Å². The van der Waals surface area contributed by atoms with Gasteiger partial charge in [0.25, 0.3) is 0 Å². The second-order valence-electron chi connectivity index (χ2n) is 4.68. The van der Waals surface area contributed by atoms with Gasteiger partial charge in [-0.3, -0.25) is 0 Å². The zero-order valence-corrected chi connectivity index (χ0v) is 13.1. The molecule has 1 aromatic carbocycles. The molecule has 0 aliphatic heterocycles. The number of aliphatic hydroxyl groups is 1. The third-order valence-corrected chi connectivity index (χ3v) is 3.49. The fourth-order valence-corrected chi connectivity index (χ4v) is 2.25. The minimum atomic E-state index is -0.658. The van der Waals surface area contributed by atoms with E-state index in [4.69, 9.17) is 32.4 Å². The Morgan fingerprint density at radius 1 is 1.33 bits per heavy atom. The molecule has 0 bridgehead atoms. The first-order valence-electron chi connectivity index (χ1n) is 6.59. The highest BCUT2D eigenvalue weighted by Crippen LogP contribution is 2.27. The average molecular weight is 330 g/mol. The Morgan fingerprint density at radius 3 is 2.81 bits per heavy atom. The minimum absolute atomic E-state index is 0.0220. The second-order valence-corrected chi connectivity index (χ2v) is 5.53. The molecule has 1 heterocycles. The molecule has 4 nitrogen and oxygen atoms in total. The van der Waals surface area contributed by atoms with Crippen LogP contribution in [0.25, 0.3) is 0 Å². The van der Waals surface area contributed by atoms with Crippen LogP contribution >= 0.6 is 23.2 Å². The van der Waals surface area contributed by atoms with Crippen LogP contribution in [0.4, 0.5) is 0 Å². The number of hydrogen-bond donors (Lipinski definition) is 2. The van der Waals surface area contributed by atoms with Crippen LogP contribution in [0.3, 0.4) is 0 Å². The molecule has 0 saturated carbocycles. The van der Waals surface area contributed by atoms with Crippen molar-refractivity contribution in [1.82, 2.24) is 5.32 Å². The van der Waals surface area contributed by atoms with Crippen molar-refractivity contribution in [2.75, 3.05) is 13.2 Å². The van der Waals surface area contributed by atoms with Gasteiger partial charge < -0.3 is 19.6 Å². The van der Waals surface area contributed by atoms with Crippen LogP contribution in [0.15, 0.2) is 41.0 Å². The zero-order chi connectivity index (χ0) is 15.2. The maximum absolute atomic E-state index is 9.92. The summed E-state index contributed by atoms with van der Waals surface area (Å²) in [5.74, 6) is 1.32. The number of benzene rings is 1. The van der Waals surface area contributed by atoms with Gasteiger partial charge in [-0.1, -0.05) is 23.2 Å². The van der Waals surface area contributed by atoms with Crippen LogP contribution in [0.5, 0.6) is 5.75 Å². The first kappa shape index (κ1) is 16.2. The number of halogens is 2. The van der Waals surface area contributed by atoms with E-state index in [-0.39, 0.29) is 12.6 Å². The Morgan fingerprint density at radius 2 is 2.14 bits per heavy atom. The van der Waals surface area contributed by atoms with Crippen molar-refractivity contribution in [3.63, 3.8) is 0 Å². The SMILES string of the molecule is C[C@H](NCC(O)COc1ccc(Cl)cc1Cl)c1ccco1. The molecule has 21 heavy (non-hydrogen) atoms. The summed E-state index contributed by atoms with van der Waals surface area (Å²) in [6.07, 6.45) is 0.962. The predicted octanol–water partition coefficient (Wildman–Crippen LogP) is 3.68. The van der Waals surface area contributed by atoms with E-state index >= 15 is 0 Å². The van der Waals surface area contributed by atoms with Gasteiger partial charge in [-0.05, 0) is 37.3 Å². The summed E-state index contributed by atoms with van der Waals surface area (Å²) in [7, 11) is 0. The number of hydrogen-bond acceptors (Lipinski definition) is 4. The Bertz CT molecular complexity index is 560. The molecule has 0 spiro atoms. The normalized spacial score (nSPS) is 13.9. The van der Waals surface area contributed by atoms with E-state index in [0.29, 0.717) is 22.3 Å². The summed E-state index contributed by atoms with van der Waals surface area (Å²) in [6, 6.07) is 8.70. The smallest absolute Gasteiger partial charge is 0.138 e. The Labute approximate surface area is 133 Å². The first-order chi connectivity index (χ1) is 10.1. The Balaban J connectivity index is 1.75. The summed E-state index contributed by atoms with van der Waals surface area (Å²) in [5.41, 5.74) is 0. The number of nitrogens with one attached hydrogen (secondary N) is 1. The summed E-state index contributed by atoms with van der Waals surface area (Å²) < 4.78 is 10.8. The summed E-state index contributed by atoms with van der Waals surface area (Å²) in [4.78, 5) is 0. The molecule has 2 atom stereocenters. The zero-order valence-electron chi connectivity index (χ0n) is 11.6. The van der Waals surface area contributed by atoms with Crippen molar-refractivity contribution >= 4 is 23.2 Å². The lowest BCUT2D eigenvalue weighted by atomic mass is 10.2. The topological polar surface area (TPSA) is 54.6 Å². The van der Waals surface area contributed by atoms with E-state index in [1.807, 2.05) is 19.1 Å². The molecular formula is C15H17Cl2NO3. The lowest BCUT2D eigenvalue weighted by Gasteiger charge is -2.16. The fourth-order valence-electron chi connectivity index (χ4n) is 1.79. The Kier molecular flexibility index (Phi) is 5.94. The van der Waals surface area contributed by atoms with Gasteiger partial charge in [0.1, 0.15) is 24.2 Å². The fraction of sp³-hybridized carbons (Fsp3) is 0.333. The lowest BCUT2D eigenvalue weighted by molar-refractivity contribution is 0.103. The Hall–Kier alpha value is -1.20. The number of aliphatic hydroxyl groups excluding tert-OH is 1. The largest absolute Gasteiger partial charge is 0.489 e. The monoisotopic (exact) mass is 329 g/mol. The van der Waals surface area contributed by atoms with Crippen LogP contribution in [0.2, 0.25) is 10.0 Å². The van der Waals surface area contributed by atoms with Gasteiger partial charge in [0.15, 0.2) is 0 Å². The van der Waals surface area contributed by atoms with Crippen LogP contribution in [-0.4, -0.2) is 24.4 Å². The van der Waals surface area contributed by atoms with Crippen LogP contribution in [0, 0.1) is 0 Å². The van der Waals surface area contributed by atoms with Crippen LogP contribution in [-0.2, 0) is 0 Å². The molecule has 0 aliphatic rings. The van der Waals surface area contributed by atoms with Gasteiger partial charge in [-0.2, -0.15) is 0 Å². The van der Waals surface area contributed by atoms with Gasteiger partial charge in [-0.15, -0.1) is 0 Å². The number of furan rings is 1. The molecule has 0 saturated heterocycles. The number of ether oxygens (including phenoxy) is 1. The molecule has 0 aliphatic carbocycles. The van der Waals surface area contributed by atoms with Gasteiger partial charge >= 0.3 is 0 Å². The third-order valence-electron chi connectivity index (χ3n) is 2.95. The molecule has 2 N–H and O–H groups in total. The first-order valence-corrected chi connectivity index (χ1v) is 7.34. The van der Waals surface area contributed by atoms with Gasteiger partial charge in [0.05, 0.1) is 17.3 Å². The van der Waals surface area contributed by atoms with Crippen LogP contribution < -0.4 is 10.1 Å². The minimum Gasteiger partial charge on any atom is -0.489 e. The molecule has 2 aromatic rings. The van der Waals surface area contributed by atoms with E-state index in [2.05, 4.69) is 5.32 Å². The van der Waals surface area contributed by atoms with Crippen molar-refractivity contribution in [2.45, 2.75) is 19.1 Å². The lowest BCUT2D eigenvalue weighted by Crippen LogP contribution is -2.32. The second kappa shape index (κ2) is 7.71. The molecule has 0 fully saturated rings. The summed E-state index contributed by atoms with van der Waals surface area (Å²) >= 11 is 11.8. The summed E-state index contributed by atoms with van der Waals surface area (Å²) in [5, 5.41) is 14.0. The van der Waals surface area contributed by atoms with Gasteiger partial charge in [-0.25, -0.2) is 0 Å². The van der Waals surface area contributed by atoms with Crippen molar-refractivity contribution in [3.05, 3.63) is 52.4 Å². The highest BCUT2D eigenvalue weighted by molar-refractivity contribution is 6.35. The average Bonchev–Trinajstić information content (AvgIpc) is 2.98. The predicted molar refractivity (Wildman–Crippen MR) is 83.1 cm³/mol. The number of rotatable bonds is 7. The molecule has 0 amide bonds. The van der Waals surface area contributed by atoms with Gasteiger partial charge in [0, 0.05) is 11.6 Å². The highest BCUT2D eigenvalue weighted by Gasteiger charge is 2.12. The van der Waals surface area contributed by atoms with Crippen molar-refractivity contribution < 1.29 is 14.3 Å². The molecular weight excluding hydrogens is 313 g/mol. The maximum Gasteiger partial charge on any atom is 0.138 e. The summed E-state index contributed by atoms with van der Waals surface area (Å²) in [6.45, 7) is 2.48. The van der Waals surface area contributed by atoms with E-state index in [1.165, 1.54) is 0 Å². The van der Waals surface area contributed by atoms with E-state index in [9.17, 15) is 5.11 Å². The molecule has 0 radical (unpaired) electrons. The van der Waals surface area contributed by atoms with Crippen molar-refractivity contribution in [3.8, 4) is 5.75 Å². The molecule has 6 heteroatoms. The van der Waals surface area contributed by atoms with Crippen molar-refractivity contribution in [1.29, 1.82) is 0 Å². The molecule has 1 aromatic heterocycles. The van der Waals surface area contributed by atoms with Crippen molar-refractivity contribution in [2.24, 2.45) is 0 Å². The van der Waals surface area contributed by atoms with E-state index < -0.39 is 6.10 Å². The molecule has 114 valence electrons. The van der Waals surface area contributed by atoms with E-state index in [1.54, 1.807) is 24.5 Å². The standard InChI is InChI=1S/C15H17Cl2NO3/c1-10(14-3-2-6-20-14)18-8-12(19)9-21-15-5-4-11(16)7-13(15)17/h2-7,10,12,18-19H,8-9H2,1H3/t10-,12?/m0/s1. The third kappa shape index (κ3) is 4.93. The molecule has 2 rings (SSSR count). The molecule has 1 unspecified atom stereocenters. The van der Waals surface area contributed by atoms with Gasteiger partial charge in [0.2, 0.25) is 0 Å².